The lowest BCUT2D eigenvalue weighted by Gasteiger charge is -2.50. The lowest BCUT2D eigenvalue weighted by atomic mass is 9.80. The molecule has 0 unspecified atom stereocenters. The molecule has 0 saturated carbocycles. The zero-order chi connectivity index (χ0) is 28.0. The van der Waals surface area contributed by atoms with Gasteiger partial charge < -0.3 is 14.7 Å². The molecule has 3 rings (SSSR count). The lowest BCUT2D eigenvalue weighted by Crippen LogP contribution is -2.60. The number of amides is 2. The number of hydrogen-bond donors (Lipinski definition) is 3. The standard InChI is InChI=1S/C27H43N4O6/c1-17-10-11-18(28-22(32)36-19-13-24(2,3)30(34)25(4,5)14-19)12-21(17)29-23(33)37-20-15-26(6,7)31(35)27(8,9)16-20/h10-12,19-20,35H,13-16H2,1-9H3,(H,28,32)(H,29,33). The van der Waals surface area contributed by atoms with Gasteiger partial charge in [-0.2, -0.15) is 5.06 Å². The van der Waals surface area contributed by atoms with Crippen molar-refractivity contribution < 1.29 is 29.5 Å². The summed E-state index contributed by atoms with van der Waals surface area (Å²) in [5, 5.41) is 31.0. The van der Waals surface area contributed by atoms with Gasteiger partial charge in [0, 0.05) is 59.2 Å². The minimum absolute atomic E-state index is 0.362. The zero-order valence-electron chi connectivity index (χ0n) is 23.6. The molecule has 1 radical (unpaired) electrons. The molecule has 37 heavy (non-hydrogen) atoms. The summed E-state index contributed by atoms with van der Waals surface area (Å²) in [4.78, 5) is 25.4. The van der Waals surface area contributed by atoms with Gasteiger partial charge in [0.15, 0.2) is 0 Å². The summed E-state index contributed by atoms with van der Waals surface area (Å²) in [6.45, 7) is 16.9. The second-order valence-electron chi connectivity index (χ2n) is 13.0. The Balaban J connectivity index is 1.61. The van der Waals surface area contributed by atoms with Gasteiger partial charge in [-0.3, -0.25) is 10.6 Å². The van der Waals surface area contributed by atoms with E-state index < -0.39 is 40.4 Å². The number of hydroxylamine groups is 4. The highest BCUT2D eigenvalue weighted by Gasteiger charge is 2.48. The quantitative estimate of drug-likeness (QED) is 0.454. The van der Waals surface area contributed by atoms with E-state index in [2.05, 4.69) is 10.6 Å². The van der Waals surface area contributed by atoms with Crippen molar-refractivity contribution in [3.8, 4) is 0 Å². The summed E-state index contributed by atoms with van der Waals surface area (Å²) in [5.74, 6) is 0. The molecule has 2 aliphatic rings. The fraction of sp³-hybridized carbons (Fsp3) is 0.704. The Hall–Kier alpha value is -2.40. The van der Waals surface area contributed by atoms with Gasteiger partial charge in [-0.25, -0.2) is 9.59 Å². The van der Waals surface area contributed by atoms with Crippen LogP contribution < -0.4 is 10.6 Å². The first-order valence-electron chi connectivity index (χ1n) is 12.9. The molecule has 10 heteroatoms. The van der Waals surface area contributed by atoms with Gasteiger partial charge in [-0.05, 0) is 80.0 Å². The SMILES string of the molecule is Cc1ccc(NC(=O)OC2CC(C)(C)N([O])C(C)(C)C2)cc1NC(=O)OC1CC(C)(C)N(O)C(C)(C)C1. The van der Waals surface area contributed by atoms with Crippen molar-refractivity contribution in [2.45, 2.75) is 122 Å². The topological polar surface area (TPSA) is 123 Å². The smallest absolute Gasteiger partial charge is 0.411 e. The van der Waals surface area contributed by atoms with E-state index in [0.717, 1.165) is 10.6 Å². The fourth-order valence-corrected chi connectivity index (χ4v) is 5.94. The number of hydrogen-bond acceptors (Lipinski definition) is 7. The van der Waals surface area contributed by atoms with Crippen LogP contribution in [0.5, 0.6) is 0 Å². The van der Waals surface area contributed by atoms with Crippen LogP contribution in [0.1, 0.15) is 86.6 Å². The maximum Gasteiger partial charge on any atom is 0.411 e. The summed E-state index contributed by atoms with van der Waals surface area (Å²) in [6.07, 6.45) is -0.123. The Morgan fingerprint density at radius 1 is 0.811 bits per heavy atom. The molecule has 2 aliphatic heterocycles. The van der Waals surface area contributed by atoms with Crippen LogP contribution >= 0.6 is 0 Å². The first kappa shape index (κ1) is 29.2. The van der Waals surface area contributed by atoms with Crippen LogP contribution in [0, 0.1) is 6.92 Å². The van der Waals surface area contributed by atoms with E-state index in [-0.39, 0.29) is 6.10 Å². The van der Waals surface area contributed by atoms with Crippen LogP contribution in [0.15, 0.2) is 18.2 Å². The summed E-state index contributed by atoms with van der Waals surface area (Å²) in [7, 11) is 0. The Kier molecular flexibility index (Phi) is 7.92. The molecule has 2 fully saturated rings. The maximum atomic E-state index is 12.7. The first-order valence-corrected chi connectivity index (χ1v) is 12.9. The number of anilines is 2. The molecule has 2 saturated heterocycles. The second-order valence-corrected chi connectivity index (χ2v) is 13.0. The number of carbonyl (C=O) groups excluding carboxylic acids is 2. The van der Waals surface area contributed by atoms with Gasteiger partial charge >= 0.3 is 12.2 Å². The molecule has 0 atom stereocenters. The molecule has 207 valence electrons. The van der Waals surface area contributed by atoms with Crippen LogP contribution in [0.2, 0.25) is 0 Å². The van der Waals surface area contributed by atoms with E-state index in [9.17, 15) is 20.0 Å². The van der Waals surface area contributed by atoms with E-state index in [1.54, 1.807) is 18.2 Å². The molecular weight excluding hydrogens is 476 g/mol. The van der Waals surface area contributed by atoms with Crippen LogP contribution in [0.25, 0.3) is 0 Å². The third-order valence-electron chi connectivity index (χ3n) is 7.42. The van der Waals surface area contributed by atoms with Gasteiger partial charge in [0.05, 0.1) is 0 Å². The molecule has 3 N–H and O–H groups in total. The van der Waals surface area contributed by atoms with E-state index in [1.807, 2.05) is 62.3 Å². The highest BCUT2D eigenvalue weighted by molar-refractivity contribution is 5.89. The zero-order valence-corrected chi connectivity index (χ0v) is 23.6. The molecule has 0 aliphatic carbocycles. The van der Waals surface area contributed by atoms with E-state index in [1.165, 1.54) is 5.06 Å². The van der Waals surface area contributed by atoms with Crippen molar-refractivity contribution in [3.05, 3.63) is 23.8 Å². The normalized spacial score (nSPS) is 23.8. The summed E-state index contributed by atoms with van der Waals surface area (Å²) in [5.41, 5.74) is -0.612. The van der Waals surface area contributed by atoms with Gasteiger partial charge in [0.1, 0.15) is 12.2 Å². The number of rotatable bonds is 4. The summed E-state index contributed by atoms with van der Waals surface area (Å²) >= 11 is 0. The largest absolute Gasteiger partial charge is 0.446 e. The van der Waals surface area contributed by atoms with Crippen molar-refractivity contribution in [1.82, 2.24) is 10.1 Å². The maximum absolute atomic E-state index is 12.7. The van der Waals surface area contributed by atoms with Crippen LogP contribution in [0.4, 0.5) is 21.0 Å². The monoisotopic (exact) mass is 519 g/mol. The molecular formula is C27H43N4O6. The Labute approximate surface area is 220 Å². The molecule has 0 bridgehead atoms. The average molecular weight is 520 g/mol. The number of ether oxygens (including phenoxy) is 2. The molecule has 2 amide bonds. The Morgan fingerprint density at radius 3 is 1.73 bits per heavy atom. The third kappa shape index (κ3) is 6.73. The Bertz CT molecular complexity index is 986. The van der Waals surface area contributed by atoms with Crippen molar-refractivity contribution in [2.24, 2.45) is 0 Å². The molecule has 0 spiro atoms. The molecule has 2 heterocycles. The number of aryl methyl sites for hydroxylation is 1. The summed E-state index contributed by atoms with van der Waals surface area (Å²) in [6, 6.07) is 5.16. The second kappa shape index (κ2) is 10.1. The van der Waals surface area contributed by atoms with Crippen molar-refractivity contribution >= 4 is 23.6 Å². The minimum Gasteiger partial charge on any atom is -0.446 e. The molecule has 1 aromatic rings. The van der Waals surface area contributed by atoms with Crippen molar-refractivity contribution in [3.63, 3.8) is 0 Å². The minimum atomic E-state index is -0.647. The number of nitrogens with zero attached hydrogens (tertiary/aromatic N) is 2. The van der Waals surface area contributed by atoms with Crippen molar-refractivity contribution in [1.29, 1.82) is 0 Å². The van der Waals surface area contributed by atoms with Gasteiger partial charge in [-0.15, -0.1) is 10.3 Å². The lowest BCUT2D eigenvalue weighted by molar-refractivity contribution is -0.297. The van der Waals surface area contributed by atoms with Crippen LogP contribution in [-0.2, 0) is 14.7 Å². The predicted octanol–water partition coefficient (Wildman–Crippen LogP) is 5.87. The average Bonchev–Trinajstić information content (AvgIpc) is 2.71. The van der Waals surface area contributed by atoms with Crippen LogP contribution in [0.3, 0.4) is 0 Å². The number of benzene rings is 1. The number of carbonyl (C=O) groups is 2. The van der Waals surface area contributed by atoms with Crippen molar-refractivity contribution in [2.75, 3.05) is 10.6 Å². The highest BCUT2D eigenvalue weighted by Crippen LogP contribution is 2.39. The summed E-state index contributed by atoms with van der Waals surface area (Å²) < 4.78 is 11.4. The number of piperidine rings is 2. The molecule has 1 aromatic carbocycles. The molecule has 0 aromatic heterocycles. The fourth-order valence-electron chi connectivity index (χ4n) is 5.94. The van der Waals surface area contributed by atoms with Gasteiger partial charge in [-0.1, -0.05) is 6.07 Å². The predicted molar refractivity (Wildman–Crippen MR) is 140 cm³/mol. The van der Waals surface area contributed by atoms with E-state index >= 15 is 0 Å². The highest BCUT2D eigenvalue weighted by atomic mass is 16.6. The first-order chi connectivity index (χ1) is 16.8. The van der Waals surface area contributed by atoms with Gasteiger partial charge in [0.2, 0.25) is 0 Å². The number of nitrogens with one attached hydrogen (secondary N) is 2. The van der Waals surface area contributed by atoms with Crippen LogP contribution in [-0.4, -0.2) is 61.9 Å². The molecule has 10 nitrogen and oxygen atoms in total. The van der Waals surface area contributed by atoms with E-state index in [0.29, 0.717) is 37.1 Å². The van der Waals surface area contributed by atoms with E-state index in [4.69, 9.17) is 9.47 Å². The van der Waals surface area contributed by atoms with Gasteiger partial charge in [0.25, 0.3) is 0 Å². The Morgan fingerprint density at radius 2 is 1.24 bits per heavy atom. The third-order valence-corrected chi connectivity index (χ3v) is 7.42.